The van der Waals surface area contributed by atoms with Gasteiger partial charge < -0.3 is 14.4 Å². The number of carbonyl (C=O) groups excluding carboxylic acids is 1. The Hall–Kier alpha value is -2.79. The zero-order chi connectivity index (χ0) is 20.8. The van der Waals surface area contributed by atoms with Crippen molar-refractivity contribution in [3.05, 3.63) is 82.0 Å². The molecule has 1 saturated heterocycles. The van der Waals surface area contributed by atoms with Crippen LogP contribution < -0.4 is 9.47 Å². The van der Waals surface area contributed by atoms with Gasteiger partial charge >= 0.3 is 0 Å². The maximum atomic E-state index is 12.9. The summed E-state index contributed by atoms with van der Waals surface area (Å²) in [4.78, 5) is 15.7. The van der Waals surface area contributed by atoms with Crippen molar-refractivity contribution in [3.8, 4) is 11.5 Å². The topological polar surface area (TPSA) is 38.8 Å². The third-order valence-electron chi connectivity index (χ3n) is 5.58. The van der Waals surface area contributed by atoms with Crippen LogP contribution in [0.25, 0.3) is 0 Å². The summed E-state index contributed by atoms with van der Waals surface area (Å²) in [6.45, 7) is 2.11. The van der Waals surface area contributed by atoms with Crippen LogP contribution in [0.3, 0.4) is 0 Å². The van der Waals surface area contributed by atoms with Gasteiger partial charge in [0.2, 0.25) is 0 Å². The lowest BCUT2D eigenvalue weighted by Gasteiger charge is -2.31. The largest absolute Gasteiger partial charge is 0.497 e. The van der Waals surface area contributed by atoms with E-state index in [4.69, 9.17) is 9.47 Å². The number of methoxy groups -OCH3 is 1. The lowest BCUT2D eigenvalue weighted by molar-refractivity contribution is 0.0695. The van der Waals surface area contributed by atoms with Crippen molar-refractivity contribution in [2.75, 3.05) is 20.2 Å². The molecule has 1 aliphatic heterocycles. The molecule has 0 atom stereocenters. The molecule has 1 aromatic heterocycles. The minimum atomic E-state index is 0.144. The monoisotopic (exact) mass is 421 g/mol. The Kier molecular flexibility index (Phi) is 6.70. The second-order valence-electron chi connectivity index (χ2n) is 7.71. The molecule has 1 aliphatic rings. The van der Waals surface area contributed by atoms with Gasteiger partial charge in [0.25, 0.3) is 5.91 Å². The van der Waals surface area contributed by atoms with Gasteiger partial charge in [-0.25, -0.2) is 0 Å². The van der Waals surface area contributed by atoms with Gasteiger partial charge in [-0.15, -0.1) is 11.3 Å². The smallest absolute Gasteiger partial charge is 0.263 e. The van der Waals surface area contributed by atoms with Crippen molar-refractivity contribution in [2.24, 2.45) is 5.92 Å². The highest BCUT2D eigenvalue weighted by Crippen LogP contribution is 2.25. The number of piperidine rings is 1. The summed E-state index contributed by atoms with van der Waals surface area (Å²) in [5.74, 6) is 2.33. The quantitative estimate of drug-likeness (QED) is 0.511. The third kappa shape index (κ3) is 5.22. The fourth-order valence-electron chi connectivity index (χ4n) is 3.86. The molecule has 0 bridgehead atoms. The van der Waals surface area contributed by atoms with Crippen LogP contribution >= 0.6 is 11.3 Å². The highest BCUT2D eigenvalue weighted by atomic mass is 32.1. The van der Waals surface area contributed by atoms with Gasteiger partial charge in [0.05, 0.1) is 12.0 Å². The fraction of sp³-hybridized carbons (Fsp3) is 0.320. The molecule has 0 saturated carbocycles. The van der Waals surface area contributed by atoms with Crippen LogP contribution in [0.1, 0.15) is 33.6 Å². The van der Waals surface area contributed by atoms with Crippen molar-refractivity contribution in [3.63, 3.8) is 0 Å². The van der Waals surface area contributed by atoms with Crippen molar-refractivity contribution in [1.82, 2.24) is 4.90 Å². The van der Waals surface area contributed by atoms with Gasteiger partial charge in [-0.2, -0.15) is 0 Å². The molecule has 0 unspecified atom stereocenters. The molecule has 30 heavy (non-hydrogen) atoms. The first kappa shape index (κ1) is 20.5. The first-order valence-corrected chi connectivity index (χ1v) is 11.3. The first-order chi connectivity index (χ1) is 14.7. The molecule has 0 spiro atoms. The predicted molar refractivity (Wildman–Crippen MR) is 120 cm³/mol. The summed E-state index contributed by atoms with van der Waals surface area (Å²) in [5.41, 5.74) is 2.41. The summed E-state index contributed by atoms with van der Waals surface area (Å²) in [5, 5.41) is 2.01. The number of hydrogen-bond donors (Lipinski definition) is 0. The van der Waals surface area contributed by atoms with E-state index in [-0.39, 0.29) is 5.91 Å². The van der Waals surface area contributed by atoms with Gasteiger partial charge in [-0.3, -0.25) is 4.79 Å². The highest BCUT2D eigenvalue weighted by Gasteiger charge is 2.24. The summed E-state index contributed by atoms with van der Waals surface area (Å²) in [6.07, 6.45) is 3.24. The zero-order valence-electron chi connectivity index (χ0n) is 17.3. The first-order valence-electron chi connectivity index (χ1n) is 10.4. The molecule has 156 valence electrons. The molecule has 1 amide bonds. The summed E-state index contributed by atoms with van der Waals surface area (Å²) >= 11 is 1.50. The number of rotatable bonds is 7. The van der Waals surface area contributed by atoms with Gasteiger partial charge in [0.1, 0.15) is 18.1 Å². The normalized spacial score (nSPS) is 14.5. The molecule has 2 aromatic carbocycles. The van der Waals surface area contributed by atoms with Gasteiger partial charge in [0, 0.05) is 24.7 Å². The average Bonchev–Trinajstić information content (AvgIpc) is 3.28. The number of amides is 1. The molecule has 0 N–H and O–H groups in total. The molecule has 1 fully saturated rings. The van der Waals surface area contributed by atoms with E-state index in [1.807, 2.05) is 40.6 Å². The van der Waals surface area contributed by atoms with Gasteiger partial charge in [-0.05, 0) is 54.3 Å². The van der Waals surface area contributed by atoms with E-state index in [1.54, 1.807) is 7.11 Å². The van der Waals surface area contributed by atoms with E-state index in [1.165, 1.54) is 16.9 Å². The number of benzene rings is 2. The lowest BCUT2D eigenvalue weighted by atomic mass is 9.90. The molecule has 3 aromatic rings. The Labute approximate surface area is 182 Å². The molecule has 2 heterocycles. The molecular weight excluding hydrogens is 394 g/mol. The number of hydrogen-bond acceptors (Lipinski definition) is 4. The fourth-order valence-corrected chi connectivity index (χ4v) is 4.73. The van der Waals surface area contributed by atoms with Crippen LogP contribution in [0, 0.1) is 5.92 Å². The second-order valence-corrected chi connectivity index (χ2v) is 8.62. The Balaban J connectivity index is 1.28. The van der Waals surface area contributed by atoms with E-state index in [0.29, 0.717) is 12.5 Å². The molecular formula is C25H27NO3S. The minimum Gasteiger partial charge on any atom is -0.497 e. The van der Waals surface area contributed by atoms with E-state index < -0.39 is 0 Å². The predicted octanol–water partition coefficient (Wildman–Crippen LogP) is 5.43. The Bertz CT molecular complexity index is 961. The number of nitrogens with zero attached hydrogens (tertiary/aromatic N) is 1. The van der Waals surface area contributed by atoms with Crippen LogP contribution in [0.5, 0.6) is 11.5 Å². The lowest BCUT2D eigenvalue weighted by Crippen LogP contribution is -2.38. The average molecular weight is 422 g/mol. The minimum absolute atomic E-state index is 0.144. The molecule has 4 nitrogen and oxygen atoms in total. The molecule has 0 radical (unpaired) electrons. The second kappa shape index (κ2) is 9.81. The van der Waals surface area contributed by atoms with E-state index in [0.717, 1.165) is 54.3 Å². The standard InChI is InChI=1S/C25H27NO3S/c1-28-22-8-5-9-23(16-22)29-17-21-15-24(30-18-21)25(27)26-12-10-20(11-13-26)14-19-6-3-2-4-7-19/h2-9,15-16,18,20H,10-14,17H2,1H3. The Morgan fingerprint density at radius 3 is 2.53 bits per heavy atom. The van der Waals surface area contributed by atoms with Gasteiger partial charge in [0.15, 0.2) is 0 Å². The third-order valence-corrected chi connectivity index (χ3v) is 6.55. The van der Waals surface area contributed by atoms with Crippen LogP contribution in [0.15, 0.2) is 66.0 Å². The van der Waals surface area contributed by atoms with Crippen LogP contribution in [0.2, 0.25) is 0 Å². The van der Waals surface area contributed by atoms with Crippen LogP contribution in [-0.2, 0) is 13.0 Å². The summed E-state index contributed by atoms with van der Waals surface area (Å²) in [7, 11) is 1.64. The van der Waals surface area contributed by atoms with Crippen molar-refractivity contribution in [2.45, 2.75) is 25.9 Å². The number of likely N-dealkylation sites (tertiary alicyclic amines) is 1. The van der Waals surface area contributed by atoms with Crippen LogP contribution in [0.4, 0.5) is 0 Å². The van der Waals surface area contributed by atoms with E-state index >= 15 is 0 Å². The Morgan fingerprint density at radius 2 is 1.77 bits per heavy atom. The van der Waals surface area contributed by atoms with Crippen molar-refractivity contribution < 1.29 is 14.3 Å². The van der Waals surface area contributed by atoms with Crippen molar-refractivity contribution in [1.29, 1.82) is 0 Å². The number of thiophene rings is 1. The maximum Gasteiger partial charge on any atom is 0.263 e. The zero-order valence-corrected chi connectivity index (χ0v) is 18.1. The highest BCUT2D eigenvalue weighted by molar-refractivity contribution is 7.12. The van der Waals surface area contributed by atoms with Crippen molar-refractivity contribution >= 4 is 17.2 Å². The molecule has 4 rings (SSSR count). The maximum absolute atomic E-state index is 12.9. The Morgan fingerprint density at radius 1 is 1.00 bits per heavy atom. The SMILES string of the molecule is COc1cccc(OCc2csc(C(=O)N3CCC(Cc4ccccc4)CC3)c2)c1. The number of carbonyl (C=O) groups is 1. The van der Waals surface area contributed by atoms with E-state index in [2.05, 4.69) is 30.3 Å². The van der Waals surface area contributed by atoms with E-state index in [9.17, 15) is 4.79 Å². The number of ether oxygens (including phenoxy) is 2. The van der Waals surface area contributed by atoms with Crippen LogP contribution in [-0.4, -0.2) is 31.0 Å². The molecule has 5 heteroatoms. The summed E-state index contributed by atoms with van der Waals surface area (Å²) < 4.78 is 11.1. The van der Waals surface area contributed by atoms with Gasteiger partial charge in [-0.1, -0.05) is 36.4 Å². The molecule has 0 aliphatic carbocycles. The summed E-state index contributed by atoms with van der Waals surface area (Å²) in [6, 6.07) is 20.1.